The maximum absolute atomic E-state index is 15.2. The Hall–Kier alpha value is -3.45. The van der Waals surface area contributed by atoms with Gasteiger partial charge in [-0.15, -0.1) is 0 Å². The fraction of sp³-hybridized carbons (Fsp3) is 0.385. The van der Waals surface area contributed by atoms with Crippen molar-refractivity contribution in [3.05, 3.63) is 53.4 Å². The van der Waals surface area contributed by atoms with E-state index < -0.39 is 65.6 Å². The van der Waals surface area contributed by atoms with Crippen LogP contribution in [0.4, 0.5) is 13.2 Å². The van der Waals surface area contributed by atoms with E-state index in [2.05, 4.69) is 9.97 Å². The van der Waals surface area contributed by atoms with Gasteiger partial charge in [-0.05, 0) is 29.7 Å². The second-order valence-corrected chi connectivity index (χ2v) is 9.50. The second-order valence-electron chi connectivity index (χ2n) is 9.50. The molecule has 3 N–H and O–H groups in total. The molecule has 0 unspecified atom stereocenters. The number of aromatic amines is 1. The number of benzene rings is 1. The van der Waals surface area contributed by atoms with Crippen molar-refractivity contribution in [1.82, 2.24) is 14.9 Å². The maximum atomic E-state index is 15.2. The number of aromatic nitrogens is 2. The first-order valence-electron chi connectivity index (χ1n) is 12.2. The van der Waals surface area contributed by atoms with Crippen LogP contribution >= 0.6 is 0 Å². The summed E-state index contributed by atoms with van der Waals surface area (Å²) in [6, 6.07) is 4.83. The van der Waals surface area contributed by atoms with Gasteiger partial charge in [0.1, 0.15) is 42.2 Å². The highest BCUT2D eigenvalue weighted by atomic mass is 19.1. The molecule has 0 spiro atoms. The van der Waals surface area contributed by atoms with Crippen LogP contribution in [0.3, 0.4) is 0 Å². The van der Waals surface area contributed by atoms with Gasteiger partial charge in [-0.25, -0.2) is 18.2 Å². The van der Waals surface area contributed by atoms with Crippen LogP contribution in [0.2, 0.25) is 0 Å². The van der Waals surface area contributed by atoms with Crippen molar-refractivity contribution in [2.45, 2.75) is 30.8 Å². The molecule has 0 radical (unpaired) electrons. The van der Waals surface area contributed by atoms with E-state index in [0.717, 1.165) is 18.2 Å². The molecule has 4 atom stereocenters. The molecule has 0 aliphatic carbocycles. The standard InChI is InChI=1S/C26H24F3N3O6/c27-14-5-13(12-1-3-32(4-2-12)22(35)9-33)6-15(28)23(14)24-16(29)7-17-18(31-24)8-21(30-17)38-20-11-37-25-19(34)10-36-26(20)25/h1,5-8,19-20,25-26,30,33-34H,2-4,9-11H2/t19-,20-,25-,26-/m1/s1. The van der Waals surface area contributed by atoms with Crippen LogP contribution in [0.15, 0.2) is 30.3 Å². The number of rotatable bonds is 5. The summed E-state index contributed by atoms with van der Waals surface area (Å²) in [7, 11) is 0. The molecule has 9 nitrogen and oxygen atoms in total. The lowest BCUT2D eigenvalue weighted by Gasteiger charge is -2.26. The van der Waals surface area contributed by atoms with Gasteiger partial charge < -0.3 is 34.3 Å². The Morgan fingerprint density at radius 2 is 1.87 bits per heavy atom. The molecule has 1 amide bonds. The number of nitrogens with zero attached hydrogens (tertiary/aromatic N) is 2. The highest BCUT2D eigenvalue weighted by molar-refractivity contribution is 5.82. The van der Waals surface area contributed by atoms with Crippen molar-refractivity contribution in [3.63, 3.8) is 0 Å². The zero-order valence-corrected chi connectivity index (χ0v) is 20.0. The summed E-state index contributed by atoms with van der Waals surface area (Å²) >= 11 is 0. The van der Waals surface area contributed by atoms with Crippen LogP contribution in [0, 0.1) is 17.5 Å². The summed E-state index contributed by atoms with van der Waals surface area (Å²) in [5.41, 5.74) is 0.375. The van der Waals surface area contributed by atoms with Crippen LogP contribution in [0.1, 0.15) is 12.0 Å². The van der Waals surface area contributed by atoms with Crippen molar-refractivity contribution >= 4 is 22.5 Å². The average molecular weight is 531 g/mol. The summed E-state index contributed by atoms with van der Waals surface area (Å²) in [5, 5.41) is 18.9. The number of hydrogen-bond acceptors (Lipinski definition) is 7. The van der Waals surface area contributed by atoms with Gasteiger partial charge in [-0.3, -0.25) is 4.79 Å². The van der Waals surface area contributed by atoms with Gasteiger partial charge in [0.25, 0.3) is 0 Å². The molecule has 3 aromatic rings. The highest BCUT2D eigenvalue weighted by Gasteiger charge is 2.48. The van der Waals surface area contributed by atoms with E-state index in [1.165, 1.54) is 11.0 Å². The Kier molecular flexibility index (Phi) is 6.34. The number of nitrogens with one attached hydrogen (secondary N) is 1. The minimum Gasteiger partial charge on any atom is -0.470 e. The molecule has 5 heterocycles. The number of aliphatic hydroxyl groups excluding tert-OH is 2. The smallest absolute Gasteiger partial charge is 0.248 e. The van der Waals surface area contributed by atoms with Crippen molar-refractivity contribution in [2.24, 2.45) is 0 Å². The molecule has 2 saturated heterocycles. The number of H-pyrrole nitrogens is 1. The third-order valence-electron chi connectivity index (χ3n) is 7.14. The topological polar surface area (TPSA) is 117 Å². The maximum Gasteiger partial charge on any atom is 0.248 e. The van der Waals surface area contributed by atoms with E-state index in [4.69, 9.17) is 19.3 Å². The fourth-order valence-corrected chi connectivity index (χ4v) is 5.20. The van der Waals surface area contributed by atoms with Crippen molar-refractivity contribution in [2.75, 3.05) is 32.9 Å². The number of fused-ring (bicyclic) bond motifs is 2. The zero-order valence-electron chi connectivity index (χ0n) is 20.0. The van der Waals surface area contributed by atoms with Crippen molar-refractivity contribution in [3.8, 4) is 17.1 Å². The number of ether oxygens (including phenoxy) is 3. The van der Waals surface area contributed by atoms with Gasteiger partial charge in [0.05, 0.1) is 29.8 Å². The summed E-state index contributed by atoms with van der Waals surface area (Å²) in [6.45, 7) is 0.262. The Morgan fingerprint density at radius 1 is 1.11 bits per heavy atom. The van der Waals surface area contributed by atoms with Crippen LogP contribution in [-0.4, -0.2) is 88.3 Å². The third-order valence-corrected chi connectivity index (χ3v) is 7.14. The number of halogens is 3. The molecule has 6 rings (SSSR count). The molecule has 12 heteroatoms. The van der Waals surface area contributed by atoms with Gasteiger partial charge >= 0.3 is 0 Å². The van der Waals surface area contributed by atoms with E-state index in [0.29, 0.717) is 18.5 Å². The van der Waals surface area contributed by atoms with Gasteiger partial charge in [0.2, 0.25) is 5.91 Å². The second kappa shape index (κ2) is 9.70. The van der Waals surface area contributed by atoms with E-state index >= 15 is 13.2 Å². The first-order chi connectivity index (χ1) is 18.3. The molecule has 0 saturated carbocycles. The summed E-state index contributed by atoms with van der Waals surface area (Å²) in [6.07, 6.45) is -0.133. The van der Waals surface area contributed by atoms with E-state index in [1.54, 1.807) is 6.08 Å². The minimum absolute atomic E-state index is 0.146. The fourth-order valence-electron chi connectivity index (χ4n) is 5.20. The number of carbonyl (C=O) groups is 1. The number of amides is 1. The van der Waals surface area contributed by atoms with Gasteiger partial charge in [0, 0.05) is 25.2 Å². The Labute approximate surface area is 214 Å². The molecular formula is C26H24F3N3O6. The average Bonchev–Trinajstić information content (AvgIpc) is 3.60. The van der Waals surface area contributed by atoms with Crippen LogP contribution in [0.25, 0.3) is 27.9 Å². The van der Waals surface area contributed by atoms with Crippen molar-refractivity contribution < 1.29 is 42.4 Å². The zero-order chi connectivity index (χ0) is 26.6. The normalized spacial score (nSPS) is 25.1. The third kappa shape index (κ3) is 4.33. The molecule has 2 fully saturated rings. The van der Waals surface area contributed by atoms with Crippen LogP contribution in [-0.2, 0) is 14.3 Å². The molecule has 38 heavy (non-hydrogen) atoms. The SMILES string of the molecule is O=C(CO)N1CC=C(c2cc(F)c(-c3nc4cc(O[C@@H]5CO[C@H]6[C@@H]5OC[C@H]6O)[nH]c4cc3F)c(F)c2)CC1. The lowest BCUT2D eigenvalue weighted by Crippen LogP contribution is -2.36. The Bertz CT molecular complexity index is 1420. The first-order valence-corrected chi connectivity index (χ1v) is 12.2. The van der Waals surface area contributed by atoms with Gasteiger partial charge in [-0.2, -0.15) is 0 Å². The Balaban J connectivity index is 1.26. The number of carbonyl (C=O) groups excluding carboxylic acids is 1. The monoisotopic (exact) mass is 531 g/mol. The molecular weight excluding hydrogens is 507 g/mol. The van der Waals surface area contributed by atoms with Crippen LogP contribution < -0.4 is 4.74 Å². The van der Waals surface area contributed by atoms with Crippen LogP contribution in [0.5, 0.6) is 5.88 Å². The molecule has 1 aromatic carbocycles. The largest absolute Gasteiger partial charge is 0.470 e. The van der Waals surface area contributed by atoms with Crippen molar-refractivity contribution in [1.29, 1.82) is 0 Å². The lowest BCUT2D eigenvalue weighted by atomic mass is 9.96. The summed E-state index contributed by atoms with van der Waals surface area (Å²) in [4.78, 5) is 20.1. The lowest BCUT2D eigenvalue weighted by molar-refractivity contribution is -0.133. The molecule has 0 bridgehead atoms. The first kappa shape index (κ1) is 24.9. The van der Waals surface area contributed by atoms with Gasteiger partial charge in [0.15, 0.2) is 17.8 Å². The van der Waals surface area contributed by atoms with E-state index in [1.807, 2.05) is 0 Å². The summed E-state index contributed by atoms with van der Waals surface area (Å²) in [5.74, 6) is -3.04. The highest BCUT2D eigenvalue weighted by Crippen LogP contribution is 2.35. The van der Waals surface area contributed by atoms with Gasteiger partial charge in [-0.1, -0.05) is 6.08 Å². The number of pyridine rings is 1. The minimum atomic E-state index is -0.974. The molecule has 2 aromatic heterocycles. The molecule has 3 aliphatic heterocycles. The predicted molar refractivity (Wildman–Crippen MR) is 128 cm³/mol. The molecule has 200 valence electrons. The van der Waals surface area contributed by atoms with E-state index in [9.17, 15) is 9.90 Å². The Morgan fingerprint density at radius 3 is 2.58 bits per heavy atom. The molecule has 3 aliphatic rings. The summed E-state index contributed by atoms with van der Waals surface area (Å²) < 4.78 is 62.3. The predicted octanol–water partition coefficient (Wildman–Crippen LogP) is 2.16. The number of hydrogen-bond donors (Lipinski definition) is 3. The quantitative estimate of drug-likeness (QED) is 0.462. The van der Waals surface area contributed by atoms with E-state index in [-0.39, 0.29) is 42.2 Å². The number of aliphatic hydroxyl groups is 2.